The molecule has 1 aromatic rings. The van der Waals surface area contributed by atoms with E-state index in [9.17, 15) is 19.7 Å². The Hall–Kier alpha value is -2.54. The molecular weight excluding hydrogens is 312 g/mol. The van der Waals surface area contributed by atoms with Gasteiger partial charge in [-0.15, -0.1) is 0 Å². The lowest BCUT2D eigenvalue weighted by atomic mass is 9.78. The van der Waals surface area contributed by atoms with E-state index in [4.69, 9.17) is 4.74 Å². The number of imide groups is 1. The molecule has 4 unspecified atom stereocenters. The Bertz CT molecular complexity index is 846. The maximum Gasteiger partial charge on any atom is 0.293 e. The predicted molar refractivity (Wildman–Crippen MR) is 84.5 cm³/mol. The monoisotopic (exact) mass is 328 g/mol. The number of amides is 2. The molecule has 124 valence electrons. The number of aryl methyl sites for hydroxylation is 2. The van der Waals surface area contributed by atoms with Gasteiger partial charge in [-0.05, 0) is 38.0 Å². The summed E-state index contributed by atoms with van der Waals surface area (Å²) in [5, 5.41) is 11.4. The highest BCUT2D eigenvalue weighted by atomic mass is 16.6. The zero-order valence-electron chi connectivity index (χ0n) is 13.5. The average molecular weight is 328 g/mol. The van der Waals surface area contributed by atoms with Crippen LogP contribution >= 0.6 is 0 Å². The molecule has 2 fully saturated rings. The number of nitrogens with zero attached hydrogens (tertiary/aromatic N) is 2. The summed E-state index contributed by atoms with van der Waals surface area (Å²) in [6.07, 6.45) is 3.17. The number of fused-ring (bicyclic) bond motifs is 5. The number of hydrogen-bond acceptors (Lipinski definition) is 5. The van der Waals surface area contributed by atoms with E-state index in [1.165, 1.54) is 6.07 Å². The van der Waals surface area contributed by atoms with Crippen molar-refractivity contribution in [2.24, 2.45) is 11.8 Å². The fourth-order valence-electron chi connectivity index (χ4n) is 4.00. The maximum atomic E-state index is 12.9. The van der Waals surface area contributed by atoms with E-state index in [1.54, 1.807) is 32.9 Å². The lowest BCUT2D eigenvalue weighted by Crippen LogP contribution is -2.38. The molecule has 0 radical (unpaired) electrons. The summed E-state index contributed by atoms with van der Waals surface area (Å²) in [5.74, 6) is -2.07. The van der Waals surface area contributed by atoms with Gasteiger partial charge in [-0.25, -0.2) is 4.90 Å². The van der Waals surface area contributed by atoms with Gasteiger partial charge in [0.25, 0.3) is 5.69 Å². The van der Waals surface area contributed by atoms with Crippen LogP contribution in [0.3, 0.4) is 0 Å². The van der Waals surface area contributed by atoms with E-state index < -0.39 is 40.3 Å². The smallest absolute Gasteiger partial charge is 0.293 e. The SMILES string of the molecule is Cc1cc(N2C(=O)C3C4C=CC(C)(O4)C3C2=O)c([N+](=O)[O-])cc1C. The minimum atomic E-state index is -0.814. The van der Waals surface area contributed by atoms with E-state index in [0.29, 0.717) is 0 Å². The number of ether oxygens (including phenoxy) is 1. The second-order valence-electron chi connectivity index (χ2n) is 6.82. The summed E-state index contributed by atoms with van der Waals surface area (Å²) >= 11 is 0. The van der Waals surface area contributed by atoms with Crippen LogP contribution in [0.5, 0.6) is 0 Å². The van der Waals surface area contributed by atoms with Crippen LogP contribution in [0.2, 0.25) is 0 Å². The normalized spacial score (nSPS) is 33.5. The van der Waals surface area contributed by atoms with Crippen molar-refractivity contribution in [2.75, 3.05) is 4.90 Å². The van der Waals surface area contributed by atoms with Gasteiger partial charge in [0.15, 0.2) is 0 Å². The molecule has 0 N–H and O–H groups in total. The first-order valence-corrected chi connectivity index (χ1v) is 7.75. The van der Waals surface area contributed by atoms with Crippen LogP contribution in [0.15, 0.2) is 24.3 Å². The molecule has 0 aliphatic carbocycles. The number of carbonyl (C=O) groups is 2. The first kappa shape index (κ1) is 15.0. The summed E-state index contributed by atoms with van der Waals surface area (Å²) < 4.78 is 5.76. The van der Waals surface area contributed by atoms with E-state index in [1.807, 2.05) is 6.08 Å². The van der Waals surface area contributed by atoms with Gasteiger partial charge in [0.05, 0.1) is 28.5 Å². The third-order valence-electron chi connectivity index (χ3n) is 5.36. The second-order valence-corrected chi connectivity index (χ2v) is 6.82. The third-order valence-corrected chi connectivity index (χ3v) is 5.36. The number of rotatable bonds is 2. The first-order valence-electron chi connectivity index (χ1n) is 7.75. The van der Waals surface area contributed by atoms with E-state index in [0.717, 1.165) is 16.0 Å². The van der Waals surface area contributed by atoms with Crippen molar-refractivity contribution >= 4 is 23.2 Å². The van der Waals surface area contributed by atoms with Gasteiger partial charge < -0.3 is 4.74 Å². The van der Waals surface area contributed by atoms with Crippen LogP contribution in [-0.2, 0) is 14.3 Å². The second kappa shape index (κ2) is 4.51. The molecule has 4 rings (SSSR count). The predicted octanol–water partition coefficient (Wildman–Crippen LogP) is 2.04. The molecule has 3 aliphatic heterocycles. The fourth-order valence-corrected chi connectivity index (χ4v) is 4.00. The number of carbonyl (C=O) groups excluding carboxylic acids is 2. The van der Waals surface area contributed by atoms with Crippen molar-refractivity contribution < 1.29 is 19.2 Å². The van der Waals surface area contributed by atoms with Crippen molar-refractivity contribution in [1.82, 2.24) is 0 Å². The number of nitro groups is 1. The Morgan fingerprint density at radius 2 is 1.88 bits per heavy atom. The van der Waals surface area contributed by atoms with Gasteiger partial charge in [0.1, 0.15) is 5.69 Å². The molecule has 0 spiro atoms. The molecule has 2 amide bonds. The lowest BCUT2D eigenvalue weighted by Gasteiger charge is -2.24. The van der Waals surface area contributed by atoms with Gasteiger partial charge in [0.2, 0.25) is 11.8 Å². The van der Waals surface area contributed by atoms with Crippen molar-refractivity contribution in [3.8, 4) is 0 Å². The van der Waals surface area contributed by atoms with E-state index in [2.05, 4.69) is 0 Å². The molecule has 2 saturated heterocycles. The molecule has 0 saturated carbocycles. The van der Waals surface area contributed by atoms with E-state index >= 15 is 0 Å². The summed E-state index contributed by atoms with van der Waals surface area (Å²) in [7, 11) is 0. The first-order chi connectivity index (χ1) is 11.2. The van der Waals surface area contributed by atoms with Crippen LogP contribution in [-0.4, -0.2) is 28.4 Å². The summed E-state index contributed by atoms with van der Waals surface area (Å²) in [6.45, 7) is 5.33. The molecule has 24 heavy (non-hydrogen) atoms. The van der Waals surface area contributed by atoms with Crippen molar-refractivity contribution in [3.63, 3.8) is 0 Å². The van der Waals surface area contributed by atoms with Crippen LogP contribution in [0, 0.1) is 35.8 Å². The molecule has 7 nitrogen and oxygen atoms in total. The quantitative estimate of drug-likeness (QED) is 0.359. The lowest BCUT2D eigenvalue weighted by molar-refractivity contribution is -0.384. The number of anilines is 1. The molecule has 7 heteroatoms. The average Bonchev–Trinajstić information content (AvgIpc) is 3.11. The van der Waals surface area contributed by atoms with Gasteiger partial charge in [0, 0.05) is 6.07 Å². The highest BCUT2D eigenvalue weighted by molar-refractivity contribution is 6.24. The zero-order chi connectivity index (χ0) is 17.4. The highest BCUT2D eigenvalue weighted by Crippen LogP contribution is 2.53. The van der Waals surface area contributed by atoms with Gasteiger partial charge in [-0.2, -0.15) is 0 Å². The number of benzene rings is 1. The van der Waals surface area contributed by atoms with E-state index in [-0.39, 0.29) is 11.4 Å². The standard InChI is InChI=1S/C17H16N2O5/c1-8-6-10(11(19(22)23)7-9(8)2)18-15(20)13-12-4-5-17(3,24-12)14(13)16(18)21/h4-7,12-14H,1-3H3. The van der Waals surface area contributed by atoms with Crippen LogP contribution < -0.4 is 4.90 Å². The minimum absolute atomic E-state index is 0.0514. The zero-order valence-corrected chi connectivity index (χ0v) is 13.5. The topological polar surface area (TPSA) is 89.8 Å². The molecule has 0 aromatic heterocycles. The molecule has 4 atom stereocenters. The molecule has 3 aliphatic rings. The molecule has 3 heterocycles. The summed E-state index contributed by atoms with van der Waals surface area (Å²) in [6, 6.07) is 2.95. The number of hydrogen-bond donors (Lipinski definition) is 0. The molecule has 2 bridgehead atoms. The summed E-state index contributed by atoms with van der Waals surface area (Å²) in [4.78, 5) is 37.7. The van der Waals surface area contributed by atoms with Gasteiger partial charge in [-0.1, -0.05) is 12.2 Å². The number of nitro benzene ring substituents is 1. The van der Waals surface area contributed by atoms with Crippen LogP contribution in [0.4, 0.5) is 11.4 Å². The van der Waals surface area contributed by atoms with Crippen molar-refractivity contribution in [2.45, 2.75) is 32.5 Å². The Morgan fingerprint density at radius 1 is 1.21 bits per heavy atom. The van der Waals surface area contributed by atoms with Crippen LogP contribution in [0.25, 0.3) is 0 Å². The van der Waals surface area contributed by atoms with Crippen molar-refractivity contribution in [1.29, 1.82) is 0 Å². The van der Waals surface area contributed by atoms with Gasteiger partial charge >= 0.3 is 0 Å². The van der Waals surface area contributed by atoms with Crippen LogP contribution in [0.1, 0.15) is 18.1 Å². The maximum absolute atomic E-state index is 12.9. The largest absolute Gasteiger partial charge is 0.362 e. The van der Waals surface area contributed by atoms with Crippen molar-refractivity contribution in [3.05, 3.63) is 45.5 Å². The fraction of sp³-hybridized carbons (Fsp3) is 0.412. The Morgan fingerprint density at radius 3 is 2.50 bits per heavy atom. The Balaban J connectivity index is 1.85. The molecule has 1 aromatic carbocycles. The Kier molecular flexibility index (Phi) is 2.82. The minimum Gasteiger partial charge on any atom is -0.362 e. The highest BCUT2D eigenvalue weighted by Gasteiger charge is 2.66. The molecular formula is C17H16N2O5. The van der Waals surface area contributed by atoms with Gasteiger partial charge in [-0.3, -0.25) is 19.7 Å². The Labute approximate surface area is 138 Å². The third kappa shape index (κ3) is 1.70. The summed E-state index contributed by atoms with van der Waals surface area (Å²) in [5.41, 5.74) is 0.533.